The van der Waals surface area contributed by atoms with E-state index in [1.54, 1.807) is 42.5 Å². The summed E-state index contributed by atoms with van der Waals surface area (Å²) in [4.78, 5) is 41.2. The molecule has 0 spiro atoms. The Kier molecular flexibility index (Phi) is 6.85. The molecule has 1 heterocycles. The van der Waals surface area contributed by atoms with E-state index in [1.165, 1.54) is 7.11 Å². The fourth-order valence-electron chi connectivity index (χ4n) is 3.36. The zero-order valence-electron chi connectivity index (χ0n) is 18.2. The van der Waals surface area contributed by atoms with Crippen LogP contribution < -0.4 is 10.6 Å². The number of methoxy groups -OCH3 is 1. The number of carbonyl (C=O) groups is 3. The molecule has 0 aliphatic rings. The van der Waals surface area contributed by atoms with Crippen molar-refractivity contribution < 1.29 is 19.1 Å². The van der Waals surface area contributed by atoms with Gasteiger partial charge in [0, 0.05) is 27.2 Å². The predicted octanol–water partition coefficient (Wildman–Crippen LogP) is 4.71. The molecule has 2 N–H and O–H groups in total. The molecular formula is C26H20ClN3O4. The standard InChI is InChI=1S/C26H20ClN3O4/c1-34-24(31)15-28-25(32)17-8-12-19(13-9-17)29-26(33)21-14-23(16-6-10-18(27)11-7-16)30-22-5-3-2-4-20(21)22/h2-14H,15H2,1H3,(H,28,32)(H,29,33). The Morgan fingerprint density at radius 2 is 1.62 bits per heavy atom. The number of pyridine rings is 1. The zero-order valence-corrected chi connectivity index (χ0v) is 18.9. The van der Waals surface area contributed by atoms with Gasteiger partial charge in [0.15, 0.2) is 0 Å². The van der Waals surface area contributed by atoms with Gasteiger partial charge in [-0.05, 0) is 48.5 Å². The molecule has 0 aliphatic carbocycles. The lowest BCUT2D eigenvalue weighted by molar-refractivity contribution is -0.139. The van der Waals surface area contributed by atoms with E-state index >= 15 is 0 Å². The van der Waals surface area contributed by atoms with Gasteiger partial charge >= 0.3 is 5.97 Å². The van der Waals surface area contributed by atoms with Crippen molar-refractivity contribution in [2.75, 3.05) is 19.0 Å². The summed E-state index contributed by atoms with van der Waals surface area (Å²) >= 11 is 6.00. The van der Waals surface area contributed by atoms with E-state index in [0.717, 1.165) is 10.9 Å². The lowest BCUT2D eigenvalue weighted by atomic mass is 10.0. The van der Waals surface area contributed by atoms with Crippen LogP contribution >= 0.6 is 11.6 Å². The number of hydrogen-bond acceptors (Lipinski definition) is 5. The maximum atomic E-state index is 13.2. The molecule has 34 heavy (non-hydrogen) atoms. The molecule has 0 unspecified atom stereocenters. The van der Waals surface area contributed by atoms with Crippen LogP contribution in [-0.2, 0) is 9.53 Å². The SMILES string of the molecule is COC(=O)CNC(=O)c1ccc(NC(=O)c2cc(-c3ccc(Cl)cc3)nc3ccccc23)cc1. The number of aromatic nitrogens is 1. The Morgan fingerprint density at radius 3 is 2.32 bits per heavy atom. The monoisotopic (exact) mass is 473 g/mol. The van der Waals surface area contributed by atoms with E-state index in [-0.39, 0.29) is 12.5 Å². The van der Waals surface area contributed by atoms with Crippen molar-refractivity contribution in [1.82, 2.24) is 10.3 Å². The van der Waals surface area contributed by atoms with E-state index in [9.17, 15) is 14.4 Å². The van der Waals surface area contributed by atoms with Gasteiger partial charge in [0.1, 0.15) is 6.54 Å². The number of benzene rings is 3. The second kappa shape index (κ2) is 10.1. The number of anilines is 1. The van der Waals surface area contributed by atoms with Gasteiger partial charge < -0.3 is 15.4 Å². The number of esters is 1. The molecule has 4 rings (SSSR count). The molecule has 8 heteroatoms. The van der Waals surface area contributed by atoms with E-state index < -0.39 is 11.9 Å². The van der Waals surface area contributed by atoms with Crippen LogP contribution in [0.15, 0.2) is 78.9 Å². The lowest BCUT2D eigenvalue weighted by Gasteiger charge is -2.11. The second-order valence-electron chi connectivity index (χ2n) is 7.37. The minimum Gasteiger partial charge on any atom is -0.468 e. The predicted molar refractivity (Wildman–Crippen MR) is 131 cm³/mol. The van der Waals surface area contributed by atoms with Gasteiger partial charge in [-0.1, -0.05) is 41.9 Å². The third kappa shape index (κ3) is 5.22. The Labute approximate surface area is 200 Å². The smallest absolute Gasteiger partial charge is 0.325 e. The number of fused-ring (bicyclic) bond motifs is 1. The first-order valence-electron chi connectivity index (χ1n) is 10.4. The average Bonchev–Trinajstić information content (AvgIpc) is 2.87. The molecule has 0 bridgehead atoms. The van der Waals surface area contributed by atoms with Gasteiger partial charge in [0.05, 0.1) is 23.9 Å². The highest BCUT2D eigenvalue weighted by Gasteiger charge is 2.15. The van der Waals surface area contributed by atoms with Crippen LogP contribution in [0.4, 0.5) is 5.69 Å². The van der Waals surface area contributed by atoms with E-state index in [2.05, 4.69) is 15.4 Å². The van der Waals surface area contributed by atoms with Crippen molar-refractivity contribution in [3.8, 4) is 11.3 Å². The average molecular weight is 474 g/mol. The number of halogens is 1. The van der Waals surface area contributed by atoms with Crippen molar-refractivity contribution in [3.05, 3.63) is 95.0 Å². The van der Waals surface area contributed by atoms with Crippen LogP contribution in [0.2, 0.25) is 5.02 Å². The molecule has 0 radical (unpaired) electrons. The molecule has 1 aromatic heterocycles. The van der Waals surface area contributed by atoms with Crippen LogP contribution in [0.5, 0.6) is 0 Å². The van der Waals surface area contributed by atoms with Gasteiger partial charge in [-0.25, -0.2) is 4.98 Å². The van der Waals surface area contributed by atoms with E-state index in [4.69, 9.17) is 16.6 Å². The Balaban J connectivity index is 1.57. The number of nitrogens with one attached hydrogen (secondary N) is 2. The van der Waals surface area contributed by atoms with Crippen LogP contribution in [-0.4, -0.2) is 36.4 Å². The van der Waals surface area contributed by atoms with Gasteiger partial charge in [-0.3, -0.25) is 14.4 Å². The minimum atomic E-state index is -0.542. The first-order chi connectivity index (χ1) is 16.4. The summed E-state index contributed by atoms with van der Waals surface area (Å²) in [6.45, 7) is -0.223. The molecule has 0 aliphatic heterocycles. The summed E-state index contributed by atoms with van der Waals surface area (Å²) in [7, 11) is 1.25. The molecule has 2 amide bonds. The number of hydrogen-bond donors (Lipinski definition) is 2. The molecule has 0 saturated carbocycles. The third-order valence-electron chi connectivity index (χ3n) is 5.13. The Morgan fingerprint density at radius 1 is 0.912 bits per heavy atom. The van der Waals surface area contributed by atoms with Gasteiger partial charge in [0.2, 0.25) is 0 Å². The third-order valence-corrected chi connectivity index (χ3v) is 5.38. The van der Waals surface area contributed by atoms with Gasteiger partial charge in [-0.2, -0.15) is 0 Å². The number of para-hydroxylation sites is 1. The molecule has 0 atom stereocenters. The number of nitrogens with zero attached hydrogens (tertiary/aromatic N) is 1. The van der Waals surface area contributed by atoms with Crippen LogP contribution in [0.25, 0.3) is 22.2 Å². The quantitative estimate of drug-likeness (QED) is 0.395. The largest absolute Gasteiger partial charge is 0.468 e. The molecule has 4 aromatic rings. The first kappa shape index (κ1) is 22.9. The Hall–Kier alpha value is -4.23. The van der Waals surface area contributed by atoms with Crippen LogP contribution in [0.1, 0.15) is 20.7 Å². The molecule has 0 saturated heterocycles. The molecular weight excluding hydrogens is 454 g/mol. The topological polar surface area (TPSA) is 97.4 Å². The van der Waals surface area contributed by atoms with E-state index in [0.29, 0.717) is 33.0 Å². The first-order valence-corrected chi connectivity index (χ1v) is 10.7. The summed E-state index contributed by atoms with van der Waals surface area (Å²) in [5.74, 6) is -1.27. The maximum Gasteiger partial charge on any atom is 0.325 e. The molecule has 3 aromatic carbocycles. The van der Waals surface area contributed by atoms with Crippen molar-refractivity contribution in [3.63, 3.8) is 0 Å². The fraction of sp³-hybridized carbons (Fsp3) is 0.0769. The molecule has 7 nitrogen and oxygen atoms in total. The highest BCUT2D eigenvalue weighted by molar-refractivity contribution is 6.30. The maximum absolute atomic E-state index is 13.2. The fourth-order valence-corrected chi connectivity index (χ4v) is 3.49. The van der Waals surface area contributed by atoms with Crippen molar-refractivity contribution in [2.24, 2.45) is 0 Å². The van der Waals surface area contributed by atoms with Crippen LogP contribution in [0, 0.1) is 0 Å². The van der Waals surface area contributed by atoms with Gasteiger partial charge in [0.25, 0.3) is 11.8 Å². The Bertz CT molecular complexity index is 1370. The summed E-state index contributed by atoms with van der Waals surface area (Å²) in [5.41, 5.74) is 3.52. The number of ether oxygens (including phenoxy) is 1. The number of rotatable bonds is 6. The summed E-state index contributed by atoms with van der Waals surface area (Å²) < 4.78 is 4.50. The molecule has 0 fully saturated rings. The van der Waals surface area contributed by atoms with Crippen LogP contribution in [0.3, 0.4) is 0 Å². The minimum absolute atomic E-state index is 0.223. The number of carbonyl (C=O) groups excluding carboxylic acids is 3. The normalized spacial score (nSPS) is 10.5. The van der Waals surface area contributed by atoms with Crippen molar-refractivity contribution in [2.45, 2.75) is 0 Å². The van der Waals surface area contributed by atoms with Crippen molar-refractivity contribution in [1.29, 1.82) is 0 Å². The zero-order chi connectivity index (χ0) is 24.1. The lowest BCUT2D eigenvalue weighted by Crippen LogP contribution is -2.30. The summed E-state index contributed by atoms with van der Waals surface area (Å²) in [6.07, 6.45) is 0. The highest BCUT2D eigenvalue weighted by atomic mass is 35.5. The second-order valence-corrected chi connectivity index (χ2v) is 7.81. The van der Waals surface area contributed by atoms with Gasteiger partial charge in [-0.15, -0.1) is 0 Å². The van der Waals surface area contributed by atoms with E-state index in [1.807, 2.05) is 36.4 Å². The molecule has 170 valence electrons. The highest BCUT2D eigenvalue weighted by Crippen LogP contribution is 2.26. The van der Waals surface area contributed by atoms with Crippen molar-refractivity contribution >= 4 is 46.0 Å². The summed E-state index contributed by atoms with van der Waals surface area (Å²) in [6, 6.07) is 22.8. The summed E-state index contributed by atoms with van der Waals surface area (Å²) in [5, 5.41) is 6.67. The number of amides is 2.